The van der Waals surface area contributed by atoms with E-state index in [4.69, 9.17) is 20.1 Å². The fourth-order valence-corrected chi connectivity index (χ4v) is 1.82. The summed E-state index contributed by atoms with van der Waals surface area (Å²) in [6, 6.07) is 12.6. The van der Waals surface area contributed by atoms with Crippen molar-refractivity contribution in [3.05, 3.63) is 54.0 Å². The van der Waals surface area contributed by atoms with Crippen molar-refractivity contribution in [1.29, 1.82) is 5.26 Å². The first kappa shape index (κ1) is 13.2. The fourth-order valence-electron chi connectivity index (χ4n) is 1.82. The monoisotopic (exact) mass is 256 g/mol. The number of rotatable bonds is 5. The van der Waals surface area contributed by atoms with Crippen LogP contribution < -0.4 is 10.5 Å². The topological polar surface area (TPSA) is 72.2 Å². The Balaban J connectivity index is 2.29. The van der Waals surface area contributed by atoms with Crippen molar-refractivity contribution >= 4 is 0 Å². The minimum atomic E-state index is -0.394. The molecular formula is C15H16N2O2. The summed E-state index contributed by atoms with van der Waals surface area (Å²) < 4.78 is 11.3. The van der Waals surface area contributed by atoms with Crippen molar-refractivity contribution in [3.8, 4) is 11.8 Å². The van der Waals surface area contributed by atoms with Crippen LogP contribution in [0.5, 0.6) is 5.75 Å². The van der Waals surface area contributed by atoms with Gasteiger partial charge in [0.15, 0.2) is 6.10 Å². The van der Waals surface area contributed by atoms with Gasteiger partial charge in [0.25, 0.3) is 0 Å². The van der Waals surface area contributed by atoms with Gasteiger partial charge in [-0.2, -0.15) is 5.26 Å². The quantitative estimate of drug-likeness (QED) is 0.892. The van der Waals surface area contributed by atoms with Gasteiger partial charge >= 0.3 is 0 Å². The number of hydrogen-bond donors (Lipinski definition) is 1. The lowest BCUT2D eigenvalue weighted by molar-refractivity contribution is 0.144. The molecule has 0 aliphatic rings. The summed E-state index contributed by atoms with van der Waals surface area (Å²) in [6.07, 6.45) is 1.94. The second-order valence-electron chi connectivity index (χ2n) is 4.23. The highest BCUT2D eigenvalue weighted by Crippen LogP contribution is 2.27. The van der Waals surface area contributed by atoms with Crippen LogP contribution in [0.2, 0.25) is 0 Å². The van der Waals surface area contributed by atoms with Crippen LogP contribution in [0.3, 0.4) is 0 Å². The number of nitriles is 1. The average Bonchev–Trinajstić information content (AvgIpc) is 2.98. The fraction of sp³-hybridized carbons (Fsp3) is 0.267. The Morgan fingerprint density at radius 3 is 2.74 bits per heavy atom. The molecule has 1 aromatic heterocycles. The summed E-state index contributed by atoms with van der Waals surface area (Å²) in [6.45, 7) is 1.99. The van der Waals surface area contributed by atoms with E-state index in [2.05, 4.69) is 6.07 Å². The predicted molar refractivity (Wildman–Crippen MR) is 71.5 cm³/mol. The molecule has 2 unspecified atom stereocenters. The molecule has 1 heterocycles. The Hall–Kier alpha value is -2.25. The predicted octanol–water partition coefficient (Wildman–Crippen LogP) is 3.01. The van der Waals surface area contributed by atoms with E-state index in [9.17, 15) is 0 Å². The van der Waals surface area contributed by atoms with Gasteiger partial charge in [-0.1, -0.05) is 19.1 Å². The van der Waals surface area contributed by atoms with E-state index in [0.717, 1.165) is 6.42 Å². The summed E-state index contributed by atoms with van der Waals surface area (Å²) in [7, 11) is 0. The van der Waals surface area contributed by atoms with E-state index in [1.807, 2.05) is 19.1 Å². The third-order valence-electron chi connectivity index (χ3n) is 2.95. The molecule has 4 heteroatoms. The van der Waals surface area contributed by atoms with Crippen LogP contribution in [0.4, 0.5) is 0 Å². The number of nitrogens with two attached hydrogens (primary N) is 1. The Bertz CT molecular complexity index is 558. The average molecular weight is 256 g/mol. The lowest BCUT2D eigenvalue weighted by Gasteiger charge is -2.22. The highest BCUT2D eigenvalue weighted by molar-refractivity contribution is 5.42. The second kappa shape index (κ2) is 6.07. The molecule has 2 rings (SSSR count). The summed E-state index contributed by atoms with van der Waals surface area (Å²) in [4.78, 5) is 0. The van der Waals surface area contributed by atoms with Gasteiger partial charge in [0.1, 0.15) is 17.6 Å². The first-order valence-electron chi connectivity index (χ1n) is 6.21. The second-order valence-corrected chi connectivity index (χ2v) is 4.23. The van der Waals surface area contributed by atoms with E-state index >= 15 is 0 Å². The molecular weight excluding hydrogens is 240 g/mol. The molecule has 0 aliphatic carbocycles. The number of furan rings is 1. The molecule has 0 amide bonds. The Labute approximate surface area is 112 Å². The molecule has 0 bridgehead atoms. The molecule has 98 valence electrons. The lowest BCUT2D eigenvalue weighted by atomic mass is 10.1. The van der Waals surface area contributed by atoms with E-state index in [1.165, 1.54) is 0 Å². The Morgan fingerprint density at radius 1 is 1.32 bits per heavy atom. The summed E-state index contributed by atoms with van der Waals surface area (Å²) in [5, 5.41) is 9.07. The van der Waals surface area contributed by atoms with Gasteiger partial charge in [0, 0.05) is 6.04 Å². The maximum atomic E-state index is 9.07. The van der Waals surface area contributed by atoms with E-state index < -0.39 is 6.10 Å². The molecule has 2 N–H and O–H groups in total. The van der Waals surface area contributed by atoms with Gasteiger partial charge < -0.3 is 14.9 Å². The molecule has 2 atom stereocenters. The zero-order valence-electron chi connectivity index (χ0n) is 10.7. The zero-order valence-corrected chi connectivity index (χ0v) is 10.7. The minimum absolute atomic E-state index is 0.196. The SMILES string of the molecule is CCC(N)C(Oc1ccccc1C#N)c1ccco1. The maximum Gasteiger partial charge on any atom is 0.171 e. The van der Waals surface area contributed by atoms with Gasteiger partial charge in [-0.3, -0.25) is 0 Å². The first-order chi connectivity index (χ1) is 9.26. The summed E-state index contributed by atoms with van der Waals surface area (Å²) in [5.41, 5.74) is 6.57. The van der Waals surface area contributed by atoms with E-state index in [-0.39, 0.29) is 6.04 Å². The lowest BCUT2D eigenvalue weighted by Crippen LogP contribution is -2.31. The molecule has 0 saturated heterocycles. The number of benzene rings is 1. The van der Waals surface area contributed by atoms with Crippen LogP contribution in [-0.4, -0.2) is 6.04 Å². The van der Waals surface area contributed by atoms with E-state index in [0.29, 0.717) is 17.1 Å². The van der Waals surface area contributed by atoms with Crippen LogP contribution in [0.1, 0.15) is 30.8 Å². The van der Waals surface area contributed by atoms with E-state index in [1.54, 1.807) is 30.5 Å². The molecule has 0 saturated carbocycles. The molecule has 19 heavy (non-hydrogen) atoms. The number of nitrogens with zero attached hydrogens (tertiary/aromatic N) is 1. The number of hydrogen-bond acceptors (Lipinski definition) is 4. The summed E-state index contributed by atoms with van der Waals surface area (Å²) in [5.74, 6) is 1.19. The molecule has 0 aliphatic heterocycles. The third kappa shape index (κ3) is 2.95. The number of ether oxygens (including phenoxy) is 1. The largest absolute Gasteiger partial charge is 0.479 e. The smallest absolute Gasteiger partial charge is 0.171 e. The van der Waals surface area contributed by atoms with Gasteiger partial charge in [-0.25, -0.2) is 0 Å². The van der Waals surface area contributed by atoms with Crippen molar-refractivity contribution in [2.24, 2.45) is 5.73 Å². The standard InChI is InChI=1S/C15H16N2O2/c1-2-12(17)15(14-8-5-9-18-14)19-13-7-4-3-6-11(13)10-16/h3-9,12,15H,2,17H2,1H3. The summed E-state index contributed by atoms with van der Waals surface area (Å²) >= 11 is 0. The van der Waals surface area contributed by atoms with Crippen molar-refractivity contribution in [3.63, 3.8) is 0 Å². The van der Waals surface area contributed by atoms with Crippen LogP contribution >= 0.6 is 0 Å². The van der Waals surface area contributed by atoms with Gasteiger partial charge in [-0.15, -0.1) is 0 Å². The van der Waals surface area contributed by atoms with Crippen molar-refractivity contribution < 1.29 is 9.15 Å². The van der Waals surface area contributed by atoms with Crippen LogP contribution in [0.15, 0.2) is 47.1 Å². The van der Waals surface area contributed by atoms with Gasteiger partial charge in [0.05, 0.1) is 11.8 Å². The zero-order chi connectivity index (χ0) is 13.7. The van der Waals surface area contributed by atoms with Crippen molar-refractivity contribution in [2.75, 3.05) is 0 Å². The first-order valence-corrected chi connectivity index (χ1v) is 6.21. The van der Waals surface area contributed by atoms with Gasteiger partial charge in [0.2, 0.25) is 0 Å². The number of para-hydroxylation sites is 1. The van der Waals surface area contributed by atoms with Crippen molar-refractivity contribution in [1.82, 2.24) is 0 Å². The molecule has 4 nitrogen and oxygen atoms in total. The third-order valence-corrected chi connectivity index (χ3v) is 2.95. The molecule has 0 radical (unpaired) electrons. The molecule has 0 fully saturated rings. The maximum absolute atomic E-state index is 9.07. The van der Waals surface area contributed by atoms with Crippen LogP contribution in [0.25, 0.3) is 0 Å². The van der Waals surface area contributed by atoms with Crippen LogP contribution in [-0.2, 0) is 0 Å². The van der Waals surface area contributed by atoms with Gasteiger partial charge in [-0.05, 0) is 30.7 Å². The highest BCUT2D eigenvalue weighted by atomic mass is 16.5. The van der Waals surface area contributed by atoms with Crippen molar-refractivity contribution in [2.45, 2.75) is 25.5 Å². The van der Waals surface area contributed by atoms with Crippen LogP contribution in [0, 0.1) is 11.3 Å². The highest BCUT2D eigenvalue weighted by Gasteiger charge is 2.24. The Kier molecular flexibility index (Phi) is 4.22. The molecule has 2 aromatic rings. The normalized spacial score (nSPS) is 13.5. The molecule has 1 aromatic carbocycles. The molecule has 0 spiro atoms. The minimum Gasteiger partial charge on any atom is -0.479 e. The Morgan fingerprint density at radius 2 is 2.11 bits per heavy atom.